The number of alkyl halides is 2. The molecule has 2 rings (SSSR count). The fourth-order valence-corrected chi connectivity index (χ4v) is 2.70. The van der Waals surface area contributed by atoms with Crippen molar-refractivity contribution >= 4 is 41.5 Å². The van der Waals surface area contributed by atoms with E-state index in [1.807, 2.05) is 32.0 Å². The number of anilines is 1. The Morgan fingerprint density at radius 1 is 1.17 bits per heavy atom. The number of carbonyl (C=O) groups excluding carboxylic acids is 1. The van der Waals surface area contributed by atoms with Crippen LogP contribution in [0.25, 0.3) is 0 Å². The number of ether oxygens (including phenoxy) is 1. The van der Waals surface area contributed by atoms with Gasteiger partial charge < -0.3 is 20.7 Å². The third-order valence-corrected chi connectivity index (χ3v) is 3.89. The summed E-state index contributed by atoms with van der Waals surface area (Å²) in [7, 11) is 0. The van der Waals surface area contributed by atoms with Crippen LogP contribution < -0.4 is 20.7 Å². The van der Waals surface area contributed by atoms with E-state index in [0.717, 1.165) is 11.1 Å². The van der Waals surface area contributed by atoms with Crippen molar-refractivity contribution in [3.05, 3.63) is 59.2 Å². The van der Waals surface area contributed by atoms with Crippen molar-refractivity contribution in [1.82, 2.24) is 10.6 Å². The monoisotopic (exact) mass is 532 g/mol. The van der Waals surface area contributed by atoms with E-state index in [0.29, 0.717) is 30.3 Å². The van der Waals surface area contributed by atoms with E-state index < -0.39 is 6.61 Å². The highest BCUT2D eigenvalue weighted by atomic mass is 127. The summed E-state index contributed by atoms with van der Waals surface area (Å²) in [4.78, 5) is 15.7. The predicted molar refractivity (Wildman–Crippen MR) is 126 cm³/mol. The molecule has 6 nitrogen and oxygen atoms in total. The summed E-state index contributed by atoms with van der Waals surface area (Å²) in [5.74, 6) is 0.541. The van der Waals surface area contributed by atoms with E-state index in [-0.39, 0.29) is 42.2 Å². The van der Waals surface area contributed by atoms with E-state index in [9.17, 15) is 13.6 Å². The Kier molecular flexibility index (Phi) is 11.1. The van der Waals surface area contributed by atoms with Crippen molar-refractivity contribution in [1.29, 1.82) is 0 Å². The molecule has 0 aliphatic heterocycles. The zero-order valence-electron chi connectivity index (χ0n) is 17.2. The molecule has 0 heterocycles. The van der Waals surface area contributed by atoms with Gasteiger partial charge in [0.1, 0.15) is 5.75 Å². The summed E-state index contributed by atoms with van der Waals surface area (Å²) in [6.07, 6.45) is 0. The second-order valence-corrected chi connectivity index (χ2v) is 6.42. The van der Waals surface area contributed by atoms with E-state index in [1.54, 1.807) is 18.2 Å². The van der Waals surface area contributed by atoms with Crippen LogP contribution >= 0.6 is 24.0 Å². The van der Waals surface area contributed by atoms with Gasteiger partial charge in [0, 0.05) is 31.3 Å². The molecule has 0 saturated carbocycles. The third kappa shape index (κ3) is 8.93. The third-order valence-electron chi connectivity index (χ3n) is 3.89. The predicted octanol–water partition coefficient (Wildman–Crippen LogP) is 4.43. The normalized spacial score (nSPS) is 10.9. The van der Waals surface area contributed by atoms with Gasteiger partial charge >= 0.3 is 6.61 Å². The molecular weight excluding hydrogens is 505 g/mol. The summed E-state index contributed by atoms with van der Waals surface area (Å²) in [6.45, 7) is 3.71. The van der Waals surface area contributed by atoms with Gasteiger partial charge in [-0.25, -0.2) is 4.99 Å². The molecular formula is C21H27F2IN4O2. The molecule has 2 aromatic carbocycles. The second kappa shape index (κ2) is 13.0. The van der Waals surface area contributed by atoms with Crippen LogP contribution in [-0.2, 0) is 17.9 Å². The average Bonchev–Trinajstić information content (AvgIpc) is 2.65. The van der Waals surface area contributed by atoms with Gasteiger partial charge in [0.15, 0.2) is 5.96 Å². The average molecular weight is 532 g/mol. The first-order valence-electron chi connectivity index (χ1n) is 9.30. The van der Waals surface area contributed by atoms with Crippen LogP contribution in [0.5, 0.6) is 5.75 Å². The first kappa shape index (κ1) is 25.6. The molecule has 0 unspecified atom stereocenters. The summed E-state index contributed by atoms with van der Waals surface area (Å²) >= 11 is 0. The van der Waals surface area contributed by atoms with Crippen LogP contribution in [0.15, 0.2) is 47.5 Å². The van der Waals surface area contributed by atoms with Crippen LogP contribution in [-0.4, -0.2) is 25.0 Å². The number of carbonyl (C=O) groups is 1. The summed E-state index contributed by atoms with van der Waals surface area (Å²) < 4.78 is 29.9. The van der Waals surface area contributed by atoms with Gasteiger partial charge in [-0.15, -0.1) is 24.0 Å². The zero-order chi connectivity index (χ0) is 21.2. The largest absolute Gasteiger partial charge is 0.434 e. The molecule has 0 radical (unpaired) electrons. The quantitative estimate of drug-likeness (QED) is 0.267. The highest BCUT2D eigenvalue weighted by Crippen LogP contribution is 2.22. The second-order valence-electron chi connectivity index (χ2n) is 6.42. The highest BCUT2D eigenvalue weighted by Gasteiger charge is 2.10. The van der Waals surface area contributed by atoms with Crippen molar-refractivity contribution in [2.24, 2.45) is 4.99 Å². The van der Waals surface area contributed by atoms with E-state index in [4.69, 9.17) is 0 Å². The van der Waals surface area contributed by atoms with E-state index >= 15 is 0 Å². The molecule has 0 aliphatic carbocycles. The lowest BCUT2D eigenvalue weighted by Gasteiger charge is -2.15. The highest BCUT2D eigenvalue weighted by molar-refractivity contribution is 14.0. The van der Waals surface area contributed by atoms with Gasteiger partial charge in [0.05, 0.1) is 6.54 Å². The number of aryl methyl sites for hydroxylation is 1. The van der Waals surface area contributed by atoms with Gasteiger partial charge in [-0.05, 0) is 37.6 Å². The van der Waals surface area contributed by atoms with E-state index in [2.05, 4.69) is 25.7 Å². The van der Waals surface area contributed by atoms with Gasteiger partial charge in [-0.3, -0.25) is 4.79 Å². The van der Waals surface area contributed by atoms with Gasteiger partial charge in [0.2, 0.25) is 5.91 Å². The number of halogens is 3. The van der Waals surface area contributed by atoms with Crippen molar-refractivity contribution in [2.75, 3.05) is 11.9 Å². The van der Waals surface area contributed by atoms with Crippen LogP contribution in [0, 0.1) is 6.92 Å². The smallest absolute Gasteiger partial charge is 0.387 e. The molecule has 0 fully saturated rings. The Hall–Kier alpha value is -2.43. The van der Waals surface area contributed by atoms with Crippen molar-refractivity contribution in [3.8, 4) is 5.75 Å². The number of hydrogen-bond acceptors (Lipinski definition) is 3. The lowest BCUT2D eigenvalue weighted by Crippen LogP contribution is -2.36. The van der Waals surface area contributed by atoms with Crippen molar-refractivity contribution in [3.63, 3.8) is 0 Å². The molecule has 2 aromatic rings. The zero-order valence-corrected chi connectivity index (χ0v) is 19.5. The number of guanidine groups is 1. The minimum absolute atomic E-state index is 0. The fourth-order valence-electron chi connectivity index (χ4n) is 2.70. The first-order chi connectivity index (χ1) is 13.9. The molecule has 0 aromatic heterocycles. The molecule has 0 spiro atoms. The summed E-state index contributed by atoms with van der Waals surface area (Å²) in [6, 6.07) is 12.5. The Labute approximate surface area is 192 Å². The number of hydrogen-bond donors (Lipinski definition) is 3. The minimum Gasteiger partial charge on any atom is -0.434 e. The van der Waals surface area contributed by atoms with Crippen LogP contribution in [0.3, 0.4) is 0 Å². The number of nitrogens with zero attached hydrogens (tertiary/aromatic N) is 1. The van der Waals surface area contributed by atoms with Crippen LogP contribution in [0.2, 0.25) is 0 Å². The molecule has 0 bridgehead atoms. The number of rotatable bonds is 8. The maximum Gasteiger partial charge on any atom is 0.387 e. The topological polar surface area (TPSA) is 74.8 Å². The molecule has 30 heavy (non-hydrogen) atoms. The van der Waals surface area contributed by atoms with E-state index in [1.165, 1.54) is 13.0 Å². The standard InChI is InChI=1S/C21H26F2N4O2.HI/c1-4-24-21(25-12-16-6-5-7-18(11-16)27-15(3)28)26-13-17-10-14(2)8-9-19(17)29-20(22)23;/h5-11,20H,4,12-13H2,1-3H3,(H,27,28)(H2,24,25,26);1H. The Morgan fingerprint density at radius 2 is 1.93 bits per heavy atom. The molecule has 9 heteroatoms. The SMILES string of the molecule is CCNC(=NCc1cccc(NC(C)=O)c1)NCc1cc(C)ccc1OC(F)F.I. The molecule has 0 saturated heterocycles. The molecule has 0 atom stereocenters. The lowest BCUT2D eigenvalue weighted by molar-refractivity contribution is -0.114. The minimum atomic E-state index is -2.88. The number of nitrogens with one attached hydrogen (secondary N) is 3. The first-order valence-corrected chi connectivity index (χ1v) is 9.30. The van der Waals surface area contributed by atoms with Crippen LogP contribution in [0.4, 0.5) is 14.5 Å². The van der Waals surface area contributed by atoms with Gasteiger partial charge in [0.25, 0.3) is 0 Å². The number of benzene rings is 2. The maximum atomic E-state index is 12.6. The van der Waals surface area contributed by atoms with Crippen molar-refractivity contribution in [2.45, 2.75) is 40.5 Å². The van der Waals surface area contributed by atoms with Gasteiger partial charge in [-0.1, -0.05) is 29.8 Å². The molecule has 0 aliphatic rings. The summed E-state index contributed by atoms with van der Waals surface area (Å²) in [5, 5.41) is 9.00. The Balaban J connectivity index is 0.00000450. The van der Waals surface area contributed by atoms with Gasteiger partial charge in [-0.2, -0.15) is 8.78 Å². The molecule has 164 valence electrons. The number of aliphatic imine (C=N–C) groups is 1. The molecule has 1 amide bonds. The number of amides is 1. The Bertz CT molecular complexity index is 863. The van der Waals surface area contributed by atoms with Crippen LogP contribution in [0.1, 0.15) is 30.5 Å². The molecule has 3 N–H and O–H groups in total. The lowest BCUT2D eigenvalue weighted by atomic mass is 10.1. The van der Waals surface area contributed by atoms with Crippen molar-refractivity contribution < 1.29 is 18.3 Å². The maximum absolute atomic E-state index is 12.6. The Morgan fingerprint density at radius 3 is 2.60 bits per heavy atom. The fraction of sp³-hybridized carbons (Fsp3) is 0.333. The summed E-state index contributed by atoms with van der Waals surface area (Å²) in [5.41, 5.74) is 3.19.